The van der Waals surface area contributed by atoms with E-state index < -0.39 is 29.7 Å². The van der Waals surface area contributed by atoms with E-state index in [1.165, 1.54) is 23.8 Å². The largest absolute Gasteiger partial charge is 0.497 e. The quantitative estimate of drug-likeness (QED) is 0.200. The van der Waals surface area contributed by atoms with Gasteiger partial charge in [0.25, 0.3) is 12.3 Å². The molecule has 2 heterocycles. The lowest BCUT2D eigenvalue weighted by Crippen LogP contribution is -2.70. The average molecular weight is 546 g/mol. The highest BCUT2D eigenvalue weighted by atomic mass is 32.2. The number of ether oxygens (including phenoxy) is 2. The lowest BCUT2D eigenvalue weighted by Gasteiger charge is -2.49. The molecule has 0 spiro atoms. The monoisotopic (exact) mass is 545 g/mol. The molecule has 0 aromatic heterocycles. The summed E-state index contributed by atoms with van der Waals surface area (Å²) in [6.45, 7) is -0.355. The molecule has 2 atom stereocenters. The number of methoxy groups -OCH3 is 1. The first kappa shape index (κ1) is 27.1. The van der Waals surface area contributed by atoms with Crippen molar-refractivity contribution in [3.05, 3.63) is 77.0 Å². The van der Waals surface area contributed by atoms with Crippen LogP contribution in [0.2, 0.25) is 0 Å². The second kappa shape index (κ2) is 12.5. The SMILES string of the molecule is COc1ccc(COC(=O)C2=C(CON=CC(F)F)CS[C@@H]3[C@H](NC(=O)Cc4ccccc4)C(=O)N23)cc1. The number of hydrogen-bond acceptors (Lipinski definition) is 8. The fraction of sp³-hybridized carbons (Fsp3) is 0.308. The van der Waals surface area contributed by atoms with Crippen molar-refractivity contribution in [1.82, 2.24) is 10.2 Å². The van der Waals surface area contributed by atoms with E-state index in [1.807, 2.05) is 30.3 Å². The third kappa shape index (κ3) is 6.49. The first-order valence-corrected chi connectivity index (χ1v) is 12.7. The number of halogens is 2. The Hall–Kier alpha value is -3.93. The number of nitrogens with zero attached hydrogens (tertiary/aromatic N) is 2. The van der Waals surface area contributed by atoms with Crippen LogP contribution in [0.25, 0.3) is 0 Å². The van der Waals surface area contributed by atoms with Gasteiger partial charge in [-0.1, -0.05) is 47.6 Å². The van der Waals surface area contributed by atoms with Crippen molar-refractivity contribution in [2.45, 2.75) is 30.9 Å². The van der Waals surface area contributed by atoms with E-state index in [0.29, 0.717) is 23.1 Å². The Morgan fingerprint density at radius 3 is 2.55 bits per heavy atom. The zero-order valence-electron chi connectivity index (χ0n) is 20.3. The van der Waals surface area contributed by atoms with Crippen LogP contribution in [0.1, 0.15) is 11.1 Å². The van der Waals surface area contributed by atoms with Crippen LogP contribution in [0.3, 0.4) is 0 Å². The number of β-lactam (4-membered cyclic amide) rings is 1. The van der Waals surface area contributed by atoms with Gasteiger partial charge in [0.2, 0.25) is 5.91 Å². The molecule has 0 radical (unpaired) electrons. The molecular weight excluding hydrogens is 520 g/mol. The molecule has 0 bridgehead atoms. The van der Waals surface area contributed by atoms with Crippen LogP contribution in [-0.4, -0.2) is 66.2 Å². The number of nitrogens with one attached hydrogen (secondary N) is 1. The molecule has 2 aromatic rings. The Morgan fingerprint density at radius 1 is 1.13 bits per heavy atom. The number of fused-ring (bicyclic) bond motifs is 1. The molecule has 4 rings (SSSR count). The number of oxime groups is 1. The molecule has 1 fully saturated rings. The summed E-state index contributed by atoms with van der Waals surface area (Å²) in [6, 6.07) is 15.2. The van der Waals surface area contributed by atoms with Gasteiger partial charge in [-0.15, -0.1) is 11.8 Å². The number of carbonyl (C=O) groups is 3. The number of esters is 1. The Kier molecular flexibility index (Phi) is 8.95. The molecule has 9 nitrogen and oxygen atoms in total. The number of amides is 2. The van der Waals surface area contributed by atoms with Crippen molar-refractivity contribution >= 4 is 35.8 Å². The van der Waals surface area contributed by atoms with Gasteiger partial charge in [-0.25, -0.2) is 13.6 Å². The molecule has 1 N–H and O–H groups in total. The van der Waals surface area contributed by atoms with Gasteiger partial charge < -0.3 is 19.6 Å². The van der Waals surface area contributed by atoms with Crippen molar-refractivity contribution in [1.29, 1.82) is 0 Å². The van der Waals surface area contributed by atoms with Gasteiger partial charge in [-0.2, -0.15) is 0 Å². The molecule has 200 valence electrons. The third-order valence-corrected chi connectivity index (χ3v) is 7.12. The number of thioether (sulfide) groups is 1. The highest BCUT2D eigenvalue weighted by Crippen LogP contribution is 2.41. The van der Waals surface area contributed by atoms with Gasteiger partial charge in [-0.05, 0) is 23.3 Å². The minimum Gasteiger partial charge on any atom is -0.497 e. The maximum atomic E-state index is 13.1. The summed E-state index contributed by atoms with van der Waals surface area (Å²) in [5.41, 5.74) is 1.83. The minimum atomic E-state index is -2.79. The summed E-state index contributed by atoms with van der Waals surface area (Å²) in [5.74, 6) is -0.682. The summed E-state index contributed by atoms with van der Waals surface area (Å²) >= 11 is 1.32. The van der Waals surface area contributed by atoms with E-state index in [9.17, 15) is 23.2 Å². The van der Waals surface area contributed by atoms with Crippen LogP contribution in [0.5, 0.6) is 5.75 Å². The predicted octanol–water partition coefficient (Wildman–Crippen LogP) is 2.90. The molecule has 38 heavy (non-hydrogen) atoms. The summed E-state index contributed by atoms with van der Waals surface area (Å²) < 4.78 is 35.3. The summed E-state index contributed by atoms with van der Waals surface area (Å²) in [4.78, 5) is 45.0. The van der Waals surface area contributed by atoms with E-state index in [1.54, 1.807) is 24.3 Å². The smallest absolute Gasteiger partial charge is 0.355 e. The van der Waals surface area contributed by atoms with E-state index in [-0.39, 0.29) is 37.0 Å². The van der Waals surface area contributed by atoms with Crippen molar-refractivity contribution in [2.24, 2.45) is 5.16 Å². The Bertz CT molecular complexity index is 1220. The first-order chi connectivity index (χ1) is 18.4. The first-order valence-electron chi connectivity index (χ1n) is 11.6. The van der Waals surface area contributed by atoms with E-state index in [4.69, 9.17) is 14.3 Å². The molecule has 2 amide bonds. The van der Waals surface area contributed by atoms with Gasteiger partial charge in [0.05, 0.1) is 13.5 Å². The third-order valence-electron chi connectivity index (χ3n) is 5.78. The normalized spacial score (nSPS) is 18.7. The summed E-state index contributed by atoms with van der Waals surface area (Å²) in [6.07, 6.45) is -2.36. The number of rotatable bonds is 11. The number of hydrogen-bond donors (Lipinski definition) is 1. The topological polar surface area (TPSA) is 107 Å². The van der Waals surface area contributed by atoms with Gasteiger partial charge >= 0.3 is 5.97 Å². The number of alkyl halides is 2. The molecule has 2 aliphatic heterocycles. The minimum absolute atomic E-state index is 0.0342. The van der Waals surface area contributed by atoms with Crippen molar-refractivity contribution < 1.29 is 37.5 Å². The fourth-order valence-corrected chi connectivity index (χ4v) is 5.26. The van der Waals surface area contributed by atoms with Crippen LogP contribution in [0.4, 0.5) is 8.78 Å². The van der Waals surface area contributed by atoms with Crippen molar-refractivity contribution in [3.8, 4) is 5.75 Å². The second-order valence-electron chi connectivity index (χ2n) is 8.36. The van der Waals surface area contributed by atoms with Gasteiger partial charge in [-0.3, -0.25) is 14.5 Å². The average Bonchev–Trinajstić information content (AvgIpc) is 2.93. The Morgan fingerprint density at radius 2 is 1.87 bits per heavy atom. The maximum absolute atomic E-state index is 13.1. The second-order valence-corrected chi connectivity index (χ2v) is 9.46. The summed E-state index contributed by atoms with van der Waals surface area (Å²) in [7, 11) is 1.54. The van der Waals surface area contributed by atoms with E-state index >= 15 is 0 Å². The number of benzene rings is 2. The molecule has 2 aromatic carbocycles. The van der Waals surface area contributed by atoms with E-state index in [2.05, 4.69) is 10.5 Å². The molecule has 12 heteroatoms. The van der Waals surface area contributed by atoms with Crippen LogP contribution in [0, 0.1) is 0 Å². The standard InChI is InChI=1S/C26H25F2N3O6S/c1-35-19-9-7-17(8-10-19)13-36-26(34)23-18(14-37-29-12-20(27)28)15-38-25-22(24(33)31(23)25)30-21(32)11-16-5-3-2-4-6-16/h2-10,12,20,22,25H,11,13-15H2,1H3,(H,30,32)/t22-,25-/m1/s1. The van der Waals surface area contributed by atoms with Crippen LogP contribution in [0.15, 0.2) is 71.0 Å². The van der Waals surface area contributed by atoms with Crippen molar-refractivity contribution in [2.75, 3.05) is 19.5 Å². The van der Waals surface area contributed by atoms with Crippen LogP contribution < -0.4 is 10.1 Å². The number of carbonyl (C=O) groups excluding carboxylic acids is 3. The van der Waals surface area contributed by atoms with Crippen LogP contribution in [-0.2, 0) is 37.0 Å². The van der Waals surface area contributed by atoms with Gasteiger partial charge in [0.15, 0.2) is 0 Å². The molecule has 0 saturated carbocycles. The van der Waals surface area contributed by atoms with E-state index in [0.717, 1.165) is 5.56 Å². The van der Waals surface area contributed by atoms with Gasteiger partial charge in [0, 0.05) is 11.3 Å². The molecule has 1 saturated heterocycles. The zero-order valence-corrected chi connectivity index (χ0v) is 21.2. The maximum Gasteiger partial charge on any atom is 0.355 e. The predicted molar refractivity (Wildman–Crippen MR) is 135 cm³/mol. The highest BCUT2D eigenvalue weighted by molar-refractivity contribution is 8.00. The molecule has 0 unspecified atom stereocenters. The molecule has 2 aliphatic rings. The van der Waals surface area contributed by atoms with Crippen molar-refractivity contribution in [3.63, 3.8) is 0 Å². The molecule has 0 aliphatic carbocycles. The van der Waals surface area contributed by atoms with Crippen LogP contribution >= 0.6 is 11.8 Å². The zero-order chi connectivity index (χ0) is 27.1. The van der Waals surface area contributed by atoms with Gasteiger partial charge in [0.1, 0.15) is 42.3 Å². The molecular formula is C26H25F2N3O6S. The lowest BCUT2D eigenvalue weighted by atomic mass is 10.0. The Balaban J connectivity index is 1.46. The highest BCUT2D eigenvalue weighted by Gasteiger charge is 2.54. The Labute approximate surface area is 221 Å². The summed E-state index contributed by atoms with van der Waals surface area (Å²) in [5, 5.41) is 5.42. The lowest BCUT2D eigenvalue weighted by molar-refractivity contribution is -0.153. The fourth-order valence-electron chi connectivity index (χ4n) is 3.93.